The molecule has 0 N–H and O–H groups in total. The van der Waals surface area contributed by atoms with Gasteiger partial charge in [-0.05, 0) is 0 Å². The summed E-state index contributed by atoms with van der Waals surface area (Å²) in [7, 11) is -6.54. The Kier molecular flexibility index (Phi) is 3.20. The Labute approximate surface area is 92.8 Å². The highest BCUT2D eigenvalue weighted by atomic mass is 31.2. The maximum absolute atomic E-state index is 9.75. The molecule has 0 aromatic heterocycles. The van der Waals surface area contributed by atoms with Crippen molar-refractivity contribution in [1.29, 1.82) is 0 Å². The molecule has 0 aromatic carbocycles. The smallest absolute Gasteiger partial charge is 0.418 e. The lowest BCUT2D eigenvalue weighted by Gasteiger charge is -2.54. The van der Waals surface area contributed by atoms with E-state index in [0.29, 0.717) is 0 Å². The molecule has 0 aromatic rings. The highest BCUT2D eigenvalue weighted by Gasteiger charge is 2.51. The Morgan fingerprint density at radius 1 is 0.812 bits per heavy atom. The quantitative estimate of drug-likeness (QED) is 0.372. The topological polar surface area (TPSA) is 9.72 Å². The lowest BCUT2D eigenvalue weighted by atomic mass is 10.3. The van der Waals surface area contributed by atoms with Crippen LogP contribution in [0.1, 0.15) is 0 Å². The molecule has 0 unspecified atom stereocenters. The molecule has 3 nitrogen and oxygen atoms in total. The van der Waals surface area contributed by atoms with E-state index in [9.17, 15) is 17.3 Å². The van der Waals surface area contributed by atoms with Crippen LogP contribution in [0.4, 0.5) is 17.3 Å². The van der Waals surface area contributed by atoms with Crippen LogP contribution in [0.2, 0.25) is 0 Å². The maximum Gasteiger partial charge on any atom is 0.673 e. The fraction of sp³-hybridized carbons (Fsp3) is 1.00. The van der Waals surface area contributed by atoms with E-state index in [-0.39, 0.29) is 0 Å². The molecule has 4 fully saturated rings. The molecule has 0 radical (unpaired) electrons. The van der Waals surface area contributed by atoms with E-state index in [1.807, 2.05) is 0 Å². The van der Waals surface area contributed by atoms with E-state index in [0.717, 1.165) is 0 Å². The van der Waals surface area contributed by atoms with Crippen molar-refractivity contribution in [3.05, 3.63) is 0 Å². The molecule has 4 saturated heterocycles. The van der Waals surface area contributed by atoms with Gasteiger partial charge in [0.15, 0.2) is 0 Å². The molecule has 0 amide bonds. The van der Waals surface area contributed by atoms with Gasteiger partial charge in [-0.15, -0.1) is 0 Å². The third kappa shape index (κ3) is 3.29. The molecule has 0 spiro atoms. The Bertz CT molecular complexity index is 234. The Morgan fingerprint density at radius 3 is 1.25 bits per heavy atom. The van der Waals surface area contributed by atoms with Crippen molar-refractivity contribution >= 4 is 14.5 Å². The van der Waals surface area contributed by atoms with Gasteiger partial charge in [0.25, 0.3) is 0 Å². The van der Waals surface area contributed by atoms with Crippen LogP contribution in [0.25, 0.3) is 0 Å². The lowest BCUT2D eigenvalue weighted by molar-refractivity contribution is -0.0275. The molecule has 4 heterocycles. The summed E-state index contributed by atoms with van der Waals surface area (Å²) >= 11 is 0. The zero-order chi connectivity index (χ0) is 12.0. The summed E-state index contributed by atoms with van der Waals surface area (Å²) in [6.07, 6.45) is 4.29. The van der Waals surface area contributed by atoms with Gasteiger partial charge in [-0.3, -0.25) is 0 Å². The first-order valence-electron chi connectivity index (χ1n) is 5.11. The minimum atomic E-state index is -6.00. The van der Waals surface area contributed by atoms with Crippen molar-refractivity contribution in [2.45, 2.75) is 0 Å². The first kappa shape index (κ1) is 12.5. The maximum atomic E-state index is 9.75. The van der Waals surface area contributed by atoms with Crippen LogP contribution in [-0.2, 0) is 0 Å². The molecule has 0 atom stereocenters. The lowest BCUT2D eigenvalue weighted by Crippen LogP contribution is -2.64. The second-order valence-corrected chi connectivity index (χ2v) is 9.06. The first-order chi connectivity index (χ1) is 7.23. The van der Waals surface area contributed by atoms with E-state index in [4.69, 9.17) is 0 Å². The average molecular weight is 259 g/mol. The van der Waals surface area contributed by atoms with Crippen LogP contribution < -0.4 is 0 Å². The summed E-state index contributed by atoms with van der Waals surface area (Å²) in [5.41, 5.74) is 0. The summed E-state index contributed by atoms with van der Waals surface area (Å²) < 4.78 is 39.0. The summed E-state index contributed by atoms with van der Waals surface area (Å²) in [4.78, 5) is 7.80. The van der Waals surface area contributed by atoms with Crippen molar-refractivity contribution in [2.24, 2.45) is 0 Å². The van der Waals surface area contributed by atoms with Crippen LogP contribution in [0.15, 0.2) is 0 Å². The summed E-state index contributed by atoms with van der Waals surface area (Å²) in [5, 5.41) is 0. The molecule has 9 heteroatoms. The van der Waals surface area contributed by atoms with Crippen molar-refractivity contribution in [3.63, 3.8) is 0 Å². The average Bonchev–Trinajstić information content (AvgIpc) is 1.93. The highest BCUT2D eigenvalue weighted by molar-refractivity contribution is 7.75. The summed E-state index contributed by atoms with van der Waals surface area (Å²) in [6, 6.07) is 0. The SMILES string of the molecule is C[P+]12CN3CN(CN(C3)C1)C2.F[B-](F)(F)F. The van der Waals surface area contributed by atoms with Gasteiger partial charge in [-0.25, -0.2) is 14.7 Å². The first-order valence-corrected chi connectivity index (χ1v) is 7.91. The second kappa shape index (κ2) is 4.08. The zero-order valence-corrected chi connectivity index (χ0v) is 10.0. The largest absolute Gasteiger partial charge is 0.673 e. The summed E-state index contributed by atoms with van der Waals surface area (Å²) in [5.74, 6) is 0. The van der Waals surface area contributed by atoms with E-state index in [2.05, 4.69) is 21.4 Å². The molecule has 4 aliphatic heterocycles. The summed E-state index contributed by atoms with van der Waals surface area (Å²) in [6.45, 7) is 6.25. The Balaban J connectivity index is 0.000000168. The second-order valence-electron chi connectivity index (χ2n) is 4.98. The minimum Gasteiger partial charge on any atom is -0.418 e. The normalized spacial score (nSPS) is 45.2. The van der Waals surface area contributed by atoms with Crippen molar-refractivity contribution in [3.8, 4) is 0 Å². The van der Waals surface area contributed by atoms with Crippen LogP contribution in [0.5, 0.6) is 0 Å². The van der Waals surface area contributed by atoms with Crippen molar-refractivity contribution < 1.29 is 17.3 Å². The van der Waals surface area contributed by atoms with Gasteiger partial charge in [0, 0.05) is 0 Å². The predicted octanol–water partition coefficient (Wildman–Crippen LogP) is 1.63. The van der Waals surface area contributed by atoms with E-state index < -0.39 is 14.5 Å². The number of halogens is 4. The Morgan fingerprint density at radius 2 is 1.06 bits per heavy atom. The highest BCUT2D eigenvalue weighted by Crippen LogP contribution is 2.62. The molecular formula is C7H15BF4N3P. The third-order valence-electron chi connectivity index (χ3n) is 2.82. The minimum absolute atomic E-state index is 0.542. The molecule has 0 aliphatic carbocycles. The molecule has 16 heavy (non-hydrogen) atoms. The van der Waals surface area contributed by atoms with Crippen LogP contribution in [0, 0.1) is 0 Å². The third-order valence-corrected chi connectivity index (χ3v) is 6.07. The Hall–Kier alpha value is 0.0949. The van der Waals surface area contributed by atoms with Crippen LogP contribution in [-0.4, -0.2) is 67.5 Å². The molecular weight excluding hydrogens is 244 g/mol. The number of rotatable bonds is 0. The van der Waals surface area contributed by atoms with Gasteiger partial charge in [0.05, 0.1) is 33.9 Å². The van der Waals surface area contributed by atoms with Gasteiger partial charge in [-0.2, -0.15) is 0 Å². The zero-order valence-electron chi connectivity index (χ0n) is 9.12. The number of hydrogen-bond donors (Lipinski definition) is 0. The molecule has 4 aliphatic rings. The number of nitrogens with zero attached hydrogens (tertiary/aromatic N) is 3. The predicted molar refractivity (Wildman–Crippen MR) is 57.7 cm³/mol. The van der Waals surface area contributed by atoms with Crippen molar-refractivity contribution in [1.82, 2.24) is 14.7 Å². The molecule has 94 valence electrons. The molecule has 4 bridgehead atoms. The molecule has 0 saturated carbocycles. The van der Waals surface area contributed by atoms with Gasteiger partial charge < -0.3 is 17.3 Å². The monoisotopic (exact) mass is 259 g/mol. The fourth-order valence-electron chi connectivity index (χ4n) is 2.83. The van der Waals surface area contributed by atoms with E-state index in [1.165, 1.54) is 38.9 Å². The fourth-order valence-corrected chi connectivity index (χ4v) is 6.54. The van der Waals surface area contributed by atoms with E-state index in [1.54, 1.807) is 0 Å². The van der Waals surface area contributed by atoms with Gasteiger partial charge in [-0.1, -0.05) is 0 Å². The number of hydrogen-bond acceptors (Lipinski definition) is 3. The van der Waals surface area contributed by atoms with Gasteiger partial charge in [0.1, 0.15) is 18.9 Å². The van der Waals surface area contributed by atoms with Crippen molar-refractivity contribution in [2.75, 3.05) is 45.5 Å². The van der Waals surface area contributed by atoms with Crippen LogP contribution in [0.3, 0.4) is 0 Å². The van der Waals surface area contributed by atoms with Gasteiger partial charge >= 0.3 is 7.25 Å². The van der Waals surface area contributed by atoms with Gasteiger partial charge in [0.2, 0.25) is 0 Å². The van der Waals surface area contributed by atoms with E-state index >= 15 is 0 Å². The van der Waals surface area contributed by atoms with Crippen LogP contribution >= 0.6 is 7.26 Å². The molecule has 4 rings (SSSR count). The standard InChI is InChI=1S/C7H15N3P.BF4/c1-11-5-8-2-9(6-11)4-10(3-8)7-11;2-1(3,4)5/h2-7H2,1H3;/q+1;-1.